The molecular weight excluding hydrogens is 545 g/mol. The van der Waals surface area contributed by atoms with Gasteiger partial charge >= 0.3 is 6.18 Å². The number of hydrogen-bond acceptors (Lipinski definition) is 6. The van der Waals surface area contributed by atoms with Crippen LogP contribution in [0.25, 0.3) is 21.0 Å². The number of nitrogen functional groups attached to an aromatic ring is 1. The van der Waals surface area contributed by atoms with E-state index in [4.69, 9.17) is 5.73 Å². The van der Waals surface area contributed by atoms with Crippen LogP contribution in [-0.4, -0.2) is 56.5 Å². The molecule has 5 rings (SSSR count). The Morgan fingerprint density at radius 3 is 2.56 bits per heavy atom. The van der Waals surface area contributed by atoms with Gasteiger partial charge in [-0.05, 0) is 68.2 Å². The molecule has 0 radical (unpaired) electrons. The lowest BCUT2D eigenvalue weighted by molar-refractivity contribution is -0.126. The third-order valence-electron chi connectivity index (χ3n) is 7.04. The van der Waals surface area contributed by atoms with E-state index in [1.807, 2.05) is 6.07 Å². The zero-order valence-electron chi connectivity index (χ0n) is 21.6. The van der Waals surface area contributed by atoms with Crippen molar-refractivity contribution in [3.63, 3.8) is 0 Å². The summed E-state index contributed by atoms with van der Waals surface area (Å²) >= 11 is 1.27. The smallest absolute Gasteiger partial charge is 0.393 e. The van der Waals surface area contributed by atoms with Gasteiger partial charge in [-0.3, -0.25) is 0 Å². The molecule has 4 aromatic rings. The first-order valence-corrected chi connectivity index (χ1v) is 15.2. The number of piperidine rings is 1. The molecular formula is C28H29F3N4O2S2. The number of benzene rings is 2. The molecule has 1 aliphatic heterocycles. The lowest BCUT2D eigenvalue weighted by Crippen LogP contribution is -2.36. The van der Waals surface area contributed by atoms with Crippen LogP contribution >= 0.6 is 11.3 Å². The van der Waals surface area contributed by atoms with Crippen LogP contribution in [0.1, 0.15) is 23.3 Å². The highest BCUT2D eigenvalue weighted by Gasteiger charge is 2.31. The molecule has 39 heavy (non-hydrogen) atoms. The third kappa shape index (κ3) is 5.88. The van der Waals surface area contributed by atoms with Gasteiger partial charge in [0.25, 0.3) is 0 Å². The molecule has 1 aliphatic rings. The third-order valence-corrected chi connectivity index (χ3v) is 9.39. The van der Waals surface area contributed by atoms with Crippen LogP contribution in [0.5, 0.6) is 0 Å². The summed E-state index contributed by atoms with van der Waals surface area (Å²) in [7, 11) is -1.39. The molecule has 2 aromatic heterocycles. The lowest BCUT2D eigenvalue weighted by Gasteiger charge is -2.30. The van der Waals surface area contributed by atoms with Gasteiger partial charge in [-0.25, -0.2) is 8.42 Å². The molecule has 1 fully saturated rings. The molecule has 0 bridgehead atoms. The van der Waals surface area contributed by atoms with E-state index >= 15 is 0 Å². The van der Waals surface area contributed by atoms with Crippen LogP contribution in [0.3, 0.4) is 0 Å². The number of nitrogens with two attached hydrogens (primary N) is 1. The standard InChI is InChI=1S/C28H29F3N4O2S2/c1-34-14-10-18(11-15-34)33-23-6-3-5-19-21(17-28(29,30)31)24(38-27(19)23)7-4-13-35-16-12-20-25(39(2,36)37)9-8-22(32)26(20)35/h3,5-6,8-9,12,16,18,33H,10-11,13-15,17,32H2,1-2H3. The van der Waals surface area contributed by atoms with Gasteiger partial charge in [-0.15, -0.1) is 11.3 Å². The fraction of sp³-hybridized carbons (Fsp3) is 0.357. The number of sulfone groups is 1. The van der Waals surface area contributed by atoms with E-state index in [9.17, 15) is 21.6 Å². The first kappa shape index (κ1) is 27.4. The van der Waals surface area contributed by atoms with Crippen LogP contribution in [-0.2, 0) is 22.8 Å². The maximum Gasteiger partial charge on any atom is 0.393 e. The predicted molar refractivity (Wildman–Crippen MR) is 152 cm³/mol. The van der Waals surface area contributed by atoms with E-state index in [1.165, 1.54) is 23.5 Å². The number of nitrogens with zero attached hydrogens (tertiary/aromatic N) is 2. The summed E-state index contributed by atoms with van der Waals surface area (Å²) in [4.78, 5) is 2.81. The second-order valence-corrected chi connectivity index (χ2v) is 13.0. The molecule has 6 nitrogen and oxygen atoms in total. The summed E-state index contributed by atoms with van der Waals surface area (Å²) in [5.74, 6) is 5.98. The number of anilines is 2. The van der Waals surface area contributed by atoms with Crippen molar-refractivity contribution >= 4 is 53.5 Å². The second kappa shape index (κ2) is 10.4. The maximum atomic E-state index is 13.6. The van der Waals surface area contributed by atoms with Gasteiger partial charge in [0.2, 0.25) is 0 Å². The summed E-state index contributed by atoms with van der Waals surface area (Å²) in [6.07, 6.45) is -0.685. The minimum atomic E-state index is -4.38. The van der Waals surface area contributed by atoms with Gasteiger partial charge in [-0.1, -0.05) is 24.0 Å². The Balaban J connectivity index is 1.51. The number of fused-ring (bicyclic) bond motifs is 2. The molecule has 206 valence electrons. The quantitative estimate of drug-likeness (QED) is 0.243. The minimum Gasteiger partial charge on any atom is -0.397 e. The first-order valence-electron chi connectivity index (χ1n) is 12.5. The van der Waals surface area contributed by atoms with E-state index in [0.717, 1.165) is 42.6 Å². The van der Waals surface area contributed by atoms with Crippen LogP contribution in [0.2, 0.25) is 0 Å². The van der Waals surface area contributed by atoms with E-state index in [0.29, 0.717) is 26.9 Å². The SMILES string of the molecule is CN1CCC(Nc2cccc3c(CC(F)(F)F)c(C#CCn4ccc5c(S(C)(=O)=O)ccc(N)c54)sc23)CC1. The summed E-state index contributed by atoms with van der Waals surface area (Å²) in [5.41, 5.74) is 8.09. The lowest BCUT2D eigenvalue weighted by atomic mass is 10.0. The number of thiophene rings is 1. The number of halogens is 3. The van der Waals surface area contributed by atoms with E-state index in [1.54, 1.807) is 29.0 Å². The van der Waals surface area contributed by atoms with Gasteiger partial charge in [0, 0.05) is 23.9 Å². The molecule has 3 heterocycles. The Morgan fingerprint density at radius 2 is 1.87 bits per heavy atom. The fourth-order valence-corrected chi connectivity index (χ4v) is 7.17. The molecule has 0 spiro atoms. The van der Waals surface area contributed by atoms with Crippen LogP contribution in [0.4, 0.5) is 24.5 Å². The highest BCUT2D eigenvalue weighted by molar-refractivity contribution is 7.91. The number of aromatic nitrogens is 1. The molecule has 11 heteroatoms. The van der Waals surface area contributed by atoms with Gasteiger partial charge < -0.3 is 20.5 Å². The molecule has 1 saturated heterocycles. The number of likely N-dealkylation sites (tertiary alicyclic amines) is 1. The summed E-state index contributed by atoms with van der Waals surface area (Å²) in [6, 6.07) is 10.4. The molecule has 2 aromatic carbocycles. The van der Waals surface area contributed by atoms with Crippen molar-refractivity contribution in [2.45, 2.75) is 42.9 Å². The highest BCUT2D eigenvalue weighted by Crippen LogP contribution is 2.39. The largest absolute Gasteiger partial charge is 0.397 e. The Kier molecular flexibility index (Phi) is 7.31. The molecule has 0 aliphatic carbocycles. The van der Waals surface area contributed by atoms with Crippen molar-refractivity contribution in [2.24, 2.45) is 0 Å². The number of nitrogens with one attached hydrogen (secondary N) is 1. The van der Waals surface area contributed by atoms with Gasteiger partial charge in [0.05, 0.1) is 44.3 Å². The fourth-order valence-electron chi connectivity index (χ4n) is 5.12. The zero-order valence-corrected chi connectivity index (χ0v) is 23.2. The van der Waals surface area contributed by atoms with Crippen molar-refractivity contribution in [1.29, 1.82) is 0 Å². The van der Waals surface area contributed by atoms with Gasteiger partial charge in [0.15, 0.2) is 9.84 Å². The summed E-state index contributed by atoms with van der Waals surface area (Å²) in [5, 5.41) is 4.61. The molecule has 3 N–H and O–H groups in total. The molecule has 0 amide bonds. The topological polar surface area (TPSA) is 80.4 Å². The van der Waals surface area contributed by atoms with Crippen LogP contribution < -0.4 is 11.1 Å². The Hall–Kier alpha value is -3.20. The number of rotatable bonds is 5. The average Bonchev–Trinajstić information content (AvgIpc) is 3.42. The molecule has 0 saturated carbocycles. The summed E-state index contributed by atoms with van der Waals surface area (Å²) < 4.78 is 67.7. The van der Waals surface area contributed by atoms with E-state index in [2.05, 4.69) is 29.1 Å². The number of alkyl halides is 3. The minimum absolute atomic E-state index is 0.140. The summed E-state index contributed by atoms with van der Waals surface area (Å²) in [6.45, 7) is 2.08. The predicted octanol–water partition coefficient (Wildman–Crippen LogP) is 5.50. The Morgan fingerprint density at radius 1 is 1.13 bits per heavy atom. The van der Waals surface area contributed by atoms with Gasteiger partial charge in [0.1, 0.15) is 0 Å². The van der Waals surface area contributed by atoms with Crippen molar-refractivity contribution in [2.75, 3.05) is 37.4 Å². The zero-order chi connectivity index (χ0) is 27.9. The van der Waals surface area contributed by atoms with Crippen LogP contribution in [0.15, 0.2) is 47.5 Å². The van der Waals surface area contributed by atoms with Gasteiger partial charge in [-0.2, -0.15) is 13.2 Å². The van der Waals surface area contributed by atoms with Crippen molar-refractivity contribution in [3.8, 4) is 11.8 Å². The second-order valence-electron chi connectivity index (χ2n) is 10.0. The average molecular weight is 575 g/mol. The Bertz CT molecular complexity index is 1700. The van der Waals surface area contributed by atoms with E-state index in [-0.39, 0.29) is 23.0 Å². The Labute approximate surface area is 229 Å². The monoisotopic (exact) mass is 574 g/mol. The first-order chi connectivity index (χ1) is 18.4. The highest BCUT2D eigenvalue weighted by atomic mass is 32.2. The van der Waals surface area contributed by atoms with Crippen molar-refractivity contribution in [3.05, 3.63) is 53.0 Å². The normalized spacial score (nSPS) is 15.5. The molecule has 0 atom stereocenters. The molecule has 0 unspecified atom stereocenters. The van der Waals surface area contributed by atoms with Crippen LogP contribution in [0, 0.1) is 11.8 Å². The van der Waals surface area contributed by atoms with E-state index < -0.39 is 22.4 Å². The van der Waals surface area contributed by atoms with Crippen molar-refractivity contribution in [1.82, 2.24) is 9.47 Å². The maximum absolute atomic E-state index is 13.6. The van der Waals surface area contributed by atoms with Crippen molar-refractivity contribution < 1.29 is 21.6 Å². The number of hydrogen-bond donors (Lipinski definition) is 2.